The molecule has 2 aromatic rings. The summed E-state index contributed by atoms with van der Waals surface area (Å²) in [6.45, 7) is 4.04. The Morgan fingerprint density at radius 2 is 2.21 bits per heavy atom. The summed E-state index contributed by atoms with van der Waals surface area (Å²) in [6, 6.07) is 7.83. The Morgan fingerprint density at radius 3 is 2.92 bits per heavy atom. The number of nitrogens with zero attached hydrogens (tertiary/aromatic N) is 2. The van der Waals surface area contributed by atoms with Gasteiger partial charge in [-0.15, -0.1) is 11.3 Å². The maximum absolute atomic E-state index is 5.71. The summed E-state index contributed by atoms with van der Waals surface area (Å²) in [5.41, 5.74) is 3.83. The minimum Gasteiger partial charge on any atom is -0.493 e. The molecule has 0 saturated carbocycles. The van der Waals surface area contributed by atoms with Crippen molar-refractivity contribution in [3.8, 4) is 5.75 Å². The van der Waals surface area contributed by atoms with Crippen molar-refractivity contribution in [1.29, 1.82) is 0 Å². The first-order valence-corrected chi connectivity index (χ1v) is 8.69. The van der Waals surface area contributed by atoms with E-state index in [-0.39, 0.29) is 0 Å². The maximum Gasteiger partial charge on any atom is 0.195 e. The highest BCUT2D eigenvalue weighted by atomic mass is 32.1. The van der Waals surface area contributed by atoms with Crippen molar-refractivity contribution < 1.29 is 9.47 Å². The Labute approximate surface area is 146 Å². The normalized spacial score (nSPS) is 11.4. The zero-order valence-electron chi connectivity index (χ0n) is 14.3. The fourth-order valence-electron chi connectivity index (χ4n) is 2.03. The fraction of sp³-hybridized carbons (Fsp3) is 0.412. The Bertz CT molecular complexity index is 658. The molecule has 0 spiro atoms. The van der Waals surface area contributed by atoms with Crippen LogP contribution in [0.1, 0.15) is 17.0 Å². The van der Waals surface area contributed by atoms with E-state index in [4.69, 9.17) is 9.47 Å². The molecule has 0 aliphatic heterocycles. The molecule has 130 valence electrons. The highest BCUT2D eigenvalue weighted by molar-refractivity contribution is 7.09. The van der Waals surface area contributed by atoms with Gasteiger partial charge in [-0.3, -0.25) is 4.99 Å². The number of anilines is 1. The third-order valence-corrected chi connectivity index (χ3v) is 4.28. The van der Waals surface area contributed by atoms with Gasteiger partial charge in [-0.2, -0.15) is 0 Å². The standard InChI is InChI=1S/C17H24N4O2S/c1-13-16(24-12-20-13)11-19-17(18-2)21-14-6-4-7-15(10-14)23-9-5-8-22-3/h4,6-7,10,12H,5,8-9,11H2,1-3H3,(H2,18,19,21). The smallest absolute Gasteiger partial charge is 0.195 e. The third-order valence-electron chi connectivity index (χ3n) is 3.34. The van der Waals surface area contributed by atoms with E-state index in [0.29, 0.717) is 25.7 Å². The lowest BCUT2D eigenvalue weighted by Gasteiger charge is -2.13. The number of hydrogen-bond acceptors (Lipinski definition) is 5. The molecule has 0 unspecified atom stereocenters. The largest absolute Gasteiger partial charge is 0.493 e. The molecule has 1 heterocycles. The summed E-state index contributed by atoms with van der Waals surface area (Å²) in [5.74, 6) is 1.53. The third kappa shape index (κ3) is 5.82. The van der Waals surface area contributed by atoms with Crippen molar-refractivity contribution in [2.45, 2.75) is 19.9 Å². The number of methoxy groups -OCH3 is 1. The van der Waals surface area contributed by atoms with Crippen LogP contribution in [-0.2, 0) is 11.3 Å². The lowest BCUT2D eigenvalue weighted by Crippen LogP contribution is -2.30. The van der Waals surface area contributed by atoms with Gasteiger partial charge in [-0.1, -0.05) is 6.07 Å². The Kier molecular flexibility index (Phi) is 7.51. The lowest BCUT2D eigenvalue weighted by atomic mass is 10.3. The maximum atomic E-state index is 5.71. The second kappa shape index (κ2) is 9.89. The van der Waals surface area contributed by atoms with Gasteiger partial charge in [0.25, 0.3) is 0 Å². The number of hydrogen-bond donors (Lipinski definition) is 2. The minimum absolute atomic E-state index is 0.634. The quantitative estimate of drug-likeness (QED) is 0.436. The fourth-order valence-corrected chi connectivity index (χ4v) is 2.75. The molecule has 2 N–H and O–H groups in total. The van der Waals surface area contributed by atoms with Crippen LogP contribution in [0.5, 0.6) is 5.75 Å². The molecule has 0 fully saturated rings. The second-order valence-electron chi connectivity index (χ2n) is 5.13. The van der Waals surface area contributed by atoms with Gasteiger partial charge in [0.05, 0.1) is 24.4 Å². The zero-order valence-corrected chi connectivity index (χ0v) is 15.2. The molecule has 0 radical (unpaired) electrons. The number of nitrogens with one attached hydrogen (secondary N) is 2. The van der Waals surface area contributed by atoms with Crippen molar-refractivity contribution in [3.05, 3.63) is 40.3 Å². The Balaban J connectivity index is 1.87. The molecule has 0 bridgehead atoms. The van der Waals surface area contributed by atoms with E-state index in [1.807, 2.05) is 36.7 Å². The van der Waals surface area contributed by atoms with E-state index >= 15 is 0 Å². The molecule has 7 heteroatoms. The number of aliphatic imine (C=N–C) groups is 1. The van der Waals surface area contributed by atoms with E-state index in [2.05, 4.69) is 20.6 Å². The average Bonchev–Trinajstić information content (AvgIpc) is 3.01. The van der Waals surface area contributed by atoms with Crippen LogP contribution in [0.3, 0.4) is 0 Å². The number of benzene rings is 1. The van der Waals surface area contributed by atoms with Crippen LogP contribution in [-0.4, -0.2) is 38.3 Å². The highest BCUT2D eigenvalue weighted by Gasteiger charge is 2.04. The van der Waals surface area contributed by atoms with E-state index in [1.165, 1.54) is 4.88 Å². The summed E-state index contributed by atoms with van der Waals surface area (Å²) < 4.78 is 10.7. The van der Waals surface area contributed by atoms with Crippen LogP contribution in [0.2, 0.25) is 0 Å². The molecule has 0 amide bonds. The number of ether oxygens (including phenoxy) is 2. The summed E-state index contributed by atoms with van der Waals surface area (Å²) in [4.78, 5) is 9.70. The van der Waals surface area contributed by atoms with Crippen molar-refractivity contribution >= 4 is 23.0 Å². The molecule has 2 rings (SSSR count). The monoisotopic (exact) mass is 348 g/mol. The summed E-state index contributed by atoms with van der Waals surface area (Å²) >= 11 is 1.64. The average molecular weight is 348 g/mol. The van der Waals surface area contributed by atoms with E-state index in [1.54, 1.807) is 25.5 Å². The van der Waals surface area contributed by atoms with E-state index in [0.717, 1.165) is 23.6 Å². The molecular formula is C17H24N4O2S. The first-order valence-electron chi connectivity index (χ1n) is 7.81. The van der Waals surface area contributed by atoms with E-state index < -0.39 is 0 Å². The van der Waals surface area contributed by atoms with Crippen molar-refractivity contribution in [3.63, 3.8) is 0 Å². The van der Waals surface area contributed by atoms with Gasteiger partial charge in [0.1, 0.15) is 5.75 Å². The summed E-state index contributed by atoms with van der Waals surface area (Å²) in [5, 5.41) is 6.56. The van der Waals surface area contributed by atoms with Gasteiger partial charge >= 0.3 is 0 Å². The zero-order chi connectivity index (χ0) is 17.2. The molecule has 0 aliphatic rings. The molecule has 24 heavy (non-hydrogen) atoms. The molecule has 6 nitrogen and oxygen atoms in total. The van der Waals surface area contributed by atoms with Crippen LogP contribution >= 0.6 is 11.3 Å². The number of rotatable bonds is 8. The Hall–Kier alpha value is -2.12. The molecule has 1 aromatic carbocycles. The van der Waals surface area contributed by atoms with Gasteiger partial charge in [-0.05, 0) is 19.1 Å². The molecule has 0 saturated heterocycles. The van der Waals surface area contributed by atoms with Gasteiger partial charge in [0.15, 0.2) is 5.96 Å². The number of aromatic nitrogens is 1. The Morgan fingerprint density at radius 1 is 1.33 bits per heavy atom. The summed E-state index contributed by atoms with van der Waals surface area (Å²) in [7, 11) is 3.44. The first kappa shape index (κ1) is 18.2. The predicted octanol–water partition coefficient (Wildman–Crippen LogP) is 3.05. The van der Waals surface area contributed by atoms with Crippen LogP contribution in [0, 0.1) is 6.92 Å². The number of guanidine groups is 1. The van der Waals surface area contributed by atoms with Gasteiger partial charge < -0.3 is 20.1 Å². The first-order chi connectivity index (χ1) is 11.7. The van der Waals surface area contributed by atoms with Crippen LogP contribution in [0.4, 0.5) is 5.69 Å². The molecular weight excluding hydrogens is 324 g/mol. The van der Waals surface area contributed by atoms with Crippen molar-refractivity contribution in [2.24, 2.45) is 4.99 Å². The van der Waals surface area contributed by atoms with Gasteiger partial charge in [-0.25, -0.2) is 4.98 Å². The van der Waals surface area contributed by atoms with Gasteiger partial charge in [0.2, 0.25) is 0 Å². The lowest BCUT2D eigenvalue weighted by molar-refractivity contribution is 0.172. The SMILES string of the molecule is CN=C(NCc1scnc1C)Nc1cccc(OCCCOC)c1. The molecule has 1 aromatic heterocycles. The predicted molar refractivity (Wildman–Crippen MR) is 99.1 cm³/mol. The number of aryl methyl sites for hydroxylation is 1. The summed E-state index contributed by atoms with van der Waals surface area (Å²) in [6.07, 6.45) is 0.867. The molecule has 0 atom stereocenters. The number of thiazole rings is 1. The van der Waals surface area contributed by atoms with Crippen LogP contribution in [0.15, 0.2) is 34.8 Å². The van der Waals surface area contributed by atoms with Crippen LogP contribution < -0.4 is 15.4 Å². The minimum atomic E-state index is 0.634. The van der Waals surface area contributed by atoms with Crippen molar-refractivity contribution in [1.82, 2.24) is 10.3 Å². The van der Waals surface area contributed by atoms with Crippen molar-refractivity contribution in [2.75, 3.05) is 32.7 Å². The van der Waals surface area contributed by atoms with E-state index in [9.17, 15) is 0 Å². The molecule has 0 aliphatic carbocycles. The van der Waals surface area contributed by atoms with Gasteiger partial charge in [0, 0.05) is 43.8 Å². The topological polar surface area (TPSA) is 67.8 Å². The van der Waals surface area contributed by atoms with Crippen LogP contribution in [0.25, 0.3) is 0 Å². The second-order valence-corrected chi connectivity index (χ2v) is 6.07. The highest BCUT2D eigenvalue weighted by Crippen LogP contribution is 2.17.